The van der Waals surface area contributed by atoms with Crippen molar-refractivity contribution < 1.29 is 28.5 Å². The van der Waals surface area contributed by atoms with Crippen LogP contribution in [0.4, 0.5) is 5.69 Å². The van der Waals surface area contributed by atoms with E-state index in [-0.39, 0.29) is 23.1 Å². The Morgan fingerprint density at radius 2 is 1.41 bits per heavy atom. The zero-order valence-corrected chi connectivity index (χ0v) is 17.8. The van der Waals surface area contributed by atoms with Crippen molar-refractivity contribution in [2.24, 2.45) is 0 Å². The monoisotopic (exact) mass is 401 g/mol. The van der Waals surface area contributed by atoms with Gasteiger partial charge in [0.2, 0.25) is 0 Å². The first-order valence-electron chi connectivity index (χ1n) is 9.11. The van der Waals surface area contributed by atoms with E-state index in [0.717, 1.165) is 16.9 Å². The fourth-order valence-corrected chi connectivity index (χ4v) is 3.02. The van der Waals surface area contributed by atoms with Gasteiger partial charge in [0, 0.05) is 17.7 Å². The zero-order valence-electron chi connectivity index (χ0n) is 17.8. The molecule has 0 atom stereocenters. The molecule has 0 heterocycles. The first kappa shape index (κ1) is 22.1. The second-order valence-corrected chi connectivity index (χ2v) is 6.76. The molecular weight excluding hydrogens is 374 g/mol. The van der Waals surface area contributed by atoms with E-state index in [2.05, 4.69) is 5.32 Å². The van der Waals surface area contributed by atoms with E-state index < -0.39 is 5.97 Å². The van der Waals surface area contributed by atoms with Gasteiger partial charge in [0.05, 0.1) is 39.7 Å². The molecule has 0 fully saturated rings. The molecule has 0 aromatic heterocycles. The minimum Gasteiger partial charge on any atom is -0.496 e. The number of aryl methyl sites for hydroxylation is 1. The van der Waals surface area contributed by atoms with E-state index in [4.69, 9.17) is 18.9 Å². The van der Waals surface area contributed by atoms with Crippen LogP contribution in [0.15, 0.2) is 24.3 Å². The fourth-order valence-electron chi connectivity index (χ4n) is 3.02. The van der Waals surface area contributed by atoms with Crippen LogP contribution >= 0.6 is 0 Å². The predicted molar refractivity (Wildman–Crippen MR) is 111 cm³/mol. The Labute approximate surface area is 170 Å². The molecule has 0 unspecified atom stereocenters. The first-order chi connectivity index (χ1) is 13.8. The molecule has 0 radical (unpaired) electrons. The van der Waals surface area contributed by atoms with Crippen LogP contribution in [0, 0.1) is 6.92 Å². The average molecular weight is 401 g/mol. The van der Waals surface area contributed by atoms with E-state index in [1.165, 1.54) is 33.5 Å². The molecule has 0 saturated carbocycles. The molecule has 7 nitrogen and oxygen atoms in total. The summed E-state index contributed by atoms with van der Waals surface area (Å²) in [5, 5.41) is 2.80. The third kappa shape index (κ3) is 4.62. The number of esters is 1. The molecule has 2 aromatic rings. The highest BCUT2D eigenvalue weighted by Gasteiger charge is 2.21. The highest BCUT2D eigenvalue weighted by Crippen LogP contribution is 2.35. The molecule has 0 saturated heterocycles. The van der Waals surface area contributed by atoms with Crippen LogP contribution in [0.3, 0.4) is 0 Å². The summed E-state index contributed by atoms with van der Waals surface area (Å²) < 4.78 is 20.8. The Bertz CT molecular complexity index is 920. The number of hydrogen-bond donors (Lipinski definition) is 1. The number of hydrogen-bond acceptors (Lipinski definition) is 6. The molecule has 1 N–H and O–H groups in total. The van der Waals surface area contributed by atoms with Gasteiger partial charge in [-0.05, 0) is 36.1 Å². The average Bonchev–Trinajstić information content (AvgIpc) is 2.71. The predicted octanol–water partition coefficient (Wildman–Crippen LogP) is 4.18. The molecule has 7 heteroatoms. The number of rotatable bonds is 7. The van der Waals surface area contributed by atoms with Gasteiger partial charge in [-0.2, -0.15) is 0 Å². The second-order valence-electron chi connectivity index (χ2n) is 6.76. The van der Waals surface area contributed by atoms with Gasteiger partial charge in [-0.25, -0.2) is 4.79 Å². The smallest absolute Gasteiger partial charge is 0.340 e. The van der Waals surface area contributed by atoms with E-state index in [1.807, 2.05) is 32.9 Å². The topological polar surface area (TPSA) is 83.1 Å². The van der Waals surface area contributed by atoms with Gasteiger partial charge in [-0.1, -0.05) is 13.8 Å². The van der Waals surface area contributed by atoms with Gasteiger partial charge in [-0.3, -0.25) is 4.79 Å². The lowest BCUT2D eigenvalue weighted by molar-refractivity contribution is 0.0601. The molecular formula is C22H27NO6. The summed E-state index contributed by atoms with van der Waals surface area (Å²) in [6, 6.07) is 6.65. The number of carbonyl (C=O) groups is 2. The molecule has 29 heavy (non-hydrogen) atoms. The SMILES string of the molecule is COC(=O)c1cc(OC)c(OC)cc1NC(=O)c1cc(C(C)C)c(OC)cc1C. The summed E-state index contributed by atoms with van der Waals surface area (Å²) >= 11 is 0. The van der Waals surface area contributed by atoms with Crippen LogP contribution in [0.1, 0.15) is 51.6 Å². The van der Waals surface area contributed by atoms with Crippen molar-refractivity contribution in [3.05, 3.63) is 46.5 Å². The number of carbonyl (C=O) groups excluding carboxylic acids is 2. The number of benzene rings is 2. The molecule has 0 bridgehead atoms. The minimum atomic E-state index is -0.601. The van der Waals surface area contributed by atoms with Gasteiger partial charge >= 0.3 is 5.97 Å². The largest absolute Gasteiger partial charge is 0.496 e. The number of anilines is 1. The Morgan fingerprint density at radius 3 is 1.93 bits per heavy atom. The lowest BCUT2D eigenvalue weighted by Crippen LogP contribution is -2.17. The van der Waals surface area contributed by atoms with Crippen LogP contribution < -0.4 is 19.5 Å². The van der Waals surface area contributed by atoms with Crippen LogP contribution in [-0.2, 0) is 4.74 Å². The number of ether oxygens (including phenoxy) is 4. The molecule has 2 rings (SSSR count). The van der Waals surface area contributed by atoms with Crippen molar-refractivity contribution in [1.29, 1.82) is 0 Å². The third-order valence-electron chi connectivity index (χ3n) is 4.62. The summed E-state index contributed by atoms with van der Waals surface area (Å²) in [6.07, 6.45) is 0. The fraction of sp³-hybridized carbons (Fsp3) is 0.364. The van der Waals surface area contributed by atoms with Gasteiger partial charge in [0.25, 0.3) is 5.91 Å². The van der Waals surface area contributed by atoms with Crippen molar-refractivity contribution in [3.8, 4) is 17.2 Å². The Balaban J connectivity index is 2.52. The van der Waals surface area contributed by atoms with Crippen LogP contribution in [0.25, 0.3) is 0 Å². The number of amides is 1. The van der Waals surface area contributed by atoms with Gasteiger partial charge in [0.1, 0.15) is 5.75 Å². The van der Waals surface area contributed by atoms with E-state index in [0.29, 0.717) is 17.1 Å². The number of methoxy groups -OCH3 is 4. The Hall–Kier alpha value is -3.22. The van der Waals surface area contributed by atoms with Crippen molar-refractivity contribution in [3.63, 3.8) is 0 Å². The molecule has 1 amide bonds. The summed E-state index contributed by atoms with van der Waals surface area (Å²) in [5.74, 6) is 0.678. The highest BCUT2D eigenvalue weighted by molar-refractivity contribution is 6.09. The molecule has 0 aliphatic heterocycles. The maximum atomic E-state index is 13.1. The summed E-state index contributed by atoms with van der Waals surface area (Å²) in [4.78, 5) is 25.3. The van der Waals surface area contributed by atoms with Gasteiger partial charge in [0.15, 0.2) is 11.5 Å². The van der Waals surface area contributed by atoms with E-state index in [9.17, 15) is 9.59 Å². The summed E-state index contributed by atoms with van der Waals surface area (Å²) in [5.41, 5.74) is 2.59. The molecule has 0 spiro atoms. The highest BCUT2D eigenvalue weighted by atomic mass is 16.5. The maximum Gasteiger partial charge on any atom is 0.340 e. The summed E-state index contributed by atoms with van der Waals surface area (Å²) in [6.45, 7) is 5.88. The van der Waals surface area contributed by atoms with Crippen LogP contribution in [-0.4, -0.2) is 40.3 Å². The number of nitrogens with one attached hydrogen (secondary N) is 1. The van der Waals surface area contributed by atoms with E-state index in [1.54, 1.807) is 7.11 Å². The van der Waals surface area contributed by atoms with Crippen molar-refractivity contribution >= 4 is 17.6 Å². The first-order valence-corrected chi connectivity index (χ1v) is 9.11. The normalized spacial score (nSPS) is 10.5. The van der Waals surface area contributed by atoms with Crippen molar-refractivity contribution in [1.82, 2.24) is 0 Å². The molecule has 156 valence electrons. The van der Waals surface area contributed by atoms with Crippen molar-refractivity contribution in [2.45, 2.75) is 26.7 Å². The van der Waals surface area contributed by atoms with Crippen LogP contribution in [0.5, 0.6) is 17.2 Å². The maximum absolute atomic E-state index is 13.1. The Kier molecular flexibility index (Phi) is 7.09. The quantitative estimate of drug-likeness (QED) is 0.701. The lowest BCUT2D eigenvalue weighted by Gasteiger charge is -2.17. The molecule has 0 aliphatic rings. The van der Waals surface area contributed by atoms with Crippen molar-refractivity contribution in [2.75, 3.05) is 33.8 Å². The summed E-state index contributed by atoms with van der Waals surface area (Å²) in [7, 11) is 5.81. The van der Waals surface area contributed by atoms with Gasteiger partial charge < -0.3 is 24.3 Å². The standard InChI is InChI=1S/C22H27NO6/c1-12(2)14-9-15(13(3)8-18(14)26-4)21(24)23-17-11-20(28-6)19(27-5)10-16(17)22(25)29-7/h8-12H,1-7H3,(H,23,24). The lowest BCUT2D eigenvalue weighted by atomic mass is 9.96. The van der Waals surface area contributed by atoms with E-state index >= 15 is 0 Å². The Morgan fingerprint density at radius 1 is 0.828 bits per heavy atom. The van der Waals surface area contributed by atoms with Crippen LogP contribution in [0.2, 0.25) is 0 Å². The second kappa shape index (κ2) is 9.32. The third-order valence-corrected chi connectivity index (χ3v) is 4.62. The minimum absolute atomic E-state index is 0.161. The molecule has 2 aromatic carbocycles. The molecule has 0 aliphatic carbocycles. The van der Waals surface area contributed by atoms with Gasteiger partial charge in [-0.15, -0.1) is 0 Å². The zero-order chi connectivity index (χ0) is 21.7.